The minimum absolute atomic E-state index is 0.137. The van der Waals surface area contributed by atoms with Gasteiger partial charge in [-0.15, -0.1) is 0 Å². The van der Waals surface area contributed by atoms with E-state index in [1.165, 1.54) is 25.6 Å². The number of nitrogens with zero attached hydrogens (tertiary/aromatic N) is 4. The van der Waals surface area contributed by atoms with Crippen LogP contribution in [0.3, 0.4) is 0 Å². The highest BCUT2D eigenvalue weighted by molar-refractivity contribution is 7.98. The van der Waals surface area contributed by atoms with Crippen molar-refractivity contribution >= 4 is 34.7 Å². The van der Waals surface area contributed by atoms with E-state index in [0.717, 1.165) is 40.3 Å². The molecule has 8 heteroatoms. The Morgan fingerprint density at radius 2 is 1.90 bits per heavy atom. The van der Waals surface area contributed by atoms with Gasteiger partial charge in [0.1, 0.15) is 6.33 Å². The van der Waals surface area contributed by atoms with Crippen molar-refractivity contribution < 1.29 is 4.79 Å². The molecule has 1 amide bonds. The Hall–Kier alpha value is -3.13. The van der Waals surface area contributed by atoms with E-state index in [-0.39, 0.29) is 5.91 Å². The van der Waals surface area contributed by atoms with Gasteiger partial charge in [-0.2, -0.15) is 5.10 Å². The number of nitrogens with one attached hydrogen (secondary N) is 2. The summed E-state index contributed by atoms with van der Waals surface area (Å²) >= 11 is 1.57. The summed E-state index contributed by atoms with van der Waals surface area (Å²) in [5, 5.41) is 10.5. The summed E-state index contributed by atoms with van der Waals surface area (Å²) in [6.07, 6.45) is 7.47. The van der Waals surface area contributed by atoms with Gasteiger partial charge < -0.3 is 4.57 Å². The molecule has 2 aromatic heterocycles. The second-order valence-corrected chi connectivity index (χ2v) is 8.78. The number of carbonyl (C=O) groups excluding carboxylic acids is 1. The predicted octanol–water partition coefficient (Wildman–Crippen LogP) is 5.20. The van der Waals surface area contributed by atoms with Crippen LogP contribution >= 0.6 is 11.8 Å². The fourth-order valence-electron chi connectivity index (χ4n) is 4.18. The van der Waals surface area contributed by atoms with E-state index in [0.29, 0.717) is 17.6 Å². The summed E-state index contributed by atoms with van der Waals surface area (Å²) < 4.78 is 2.23. The monoisotopic (exact) mass is 432 g/mol. The van der Waals surface area contributed by atoms with Crippen LogP contribution < -0.4 is 5.32 Å². The molecule has 7 nitrogen and oxygen atoms in total. The third-order valence-corrected chi connectivity index (χ3v) is 6.69. The zero-order chi connectivity index (χ0) is 21.0. The molecule has 0 unspecified atom stereocenters. The number of hydrogen-bond acceptors (Lipinski definition) is 5. The minimum Gasteiger partial charge on any atom is -0.307 e. The molecule has 0 spiro atoms. The third kappa shape index (κ3) is 4.34. The van der Waals surface area contributed by atoms with Crippen molar-refractivity contribution in [1.29, 1.82) is 0 Å². The van der Waals surface area contributed by atoms with Gasteiger partial charge in [0.25, 0.3) is 5.91 Å². The first-order valence-electron chi connectivity index (χ1n) is 10.6. The number of amides is 1. The maximum atomic E-state index is 13.0. The van der Waals surface area contributed by atoms with E-state index in [2.05, 4.69) is 31.1 Å². The van der Waals surface area contributed by atoms with E-state index >= 15 is 0 Å². The highest BCUT2D eigenvalue weighted by Crippen LogP contribution is 2.34. The number of para-hydroxylation sites is 2. The van der Waals surface area contributed by atoms with Crippen molar-refractivity contribution in [3.05, 3.63) is 66.0 Å². The highest BCUT2D eigenvalue weighted by atomic mass is 32.2. The van der Waals surface area contributed by atoms with Crippen LogP contribution in [0.2, 0.25) is 0 Å². The van der Waals surface area contributed by atoms with Gasteiger partial charge in [-0.05, 0) is 42.7 Å². The molecule has 1 aliphatic carbocycles. The maximum absolute atomic E-state index is 13.0. The maximum Gasteiger partial charge on any atom is 0.257 e. The van der Waals surface area contributed by atoms with Crippen LogP contribution in [0.1, 0.15) is 54.1 Å². The Bertz CT molecular complexity index is 1160. The average Bonchev–Trinajstić information content (AvgIpc) is 3.46. The summed E-state index contributed by atoms with van der Waals surface area (Å²) in [5.41, 5.74) is 3.75. The molecule has 4 aromatic rings. The molecule has 0 bridgehead atoms. The molecular weight excluding hydrogens is 408 g/mol. The van der Waals surface area contributed by atoms with Gasteiger partial charge in [0.05, 0.1) is 11.0 Å². The zero-order valence-electron chi connectivity index (χ0n) is 17.1. The van der Waals surface area contributed by atoms with Crippen molar-refractivity contribution in [2.75, 3.05) is 5.32 Å². The Labute approximate surface area is 184 Å². The number of thioether (sulfide) groups is 1. The van der Waals surface area contributed by atoms with Crippen molar-refractivity contribution in [1.82, 2.24) is 24.7 Å². The smallest absolute Gasteiger partial charge is 0.257 e. The molecule has 0 aliphatic heterocycles. The summed E-state index contributed by atoms with van der Waals surface area (Å²) in [4.78, 5) is 21.8. The van der Waals surface area contributed by atoms with Crippen molar-refractivity contribution in [2.24, 2.45) is 0 Å². The summed E-state index contributed by atoms with van der Waals surface area (Å²) in [5.74, 6) is 1.26. The van der Waals surface area contributed by atoms with E-state index in [9.17, 15) is 4.79 Å². The minimum atomic E-state index is -0.137. The van der Waals surface area contributed by atoms with Gasteiger partial charge in [-0.1, -0.05) is 55.3 Å². The lowest BCUT2D eigenvalue weighted by molar-refractivity contribution is 0.102. The van der Waals surface area contributed by atoms with Crippen molar-refractivity contribution in [3.8, 4) is 0 Å². The first kappa shape index (κ1) is 19.8. The van der Waals surface area contributed by atoms with Gasteiger partial charge >= 0.3 is 0 Å². The Kier molecular flexibility index (Phi) is 5.71. The van der Waals surface area contributed by atoms with E-state index < -0.39 is 0 Å². The molecule has 0 atom stereocenters. The van der Waals surface area contributed by atoms with Gasteiger partial charge in [0.2, 0.25) is 5.95 Å². The molecule has 0 radical (unpaired) electrons. The molecule has 0 saturated heterocycles. The third-order valence-electron chi connectivity index (χ3n) is 5.75. The summed E-state index contributed by atoms with van der Waals surface area (Å²) in [6, 6.07) is 16.2. The number of aromatic nitrogens is 5. The van der Waals surface area contributed by atoms with Crippen LogP contribution in [-0.4, -0.2) is 30.6 Å². The van der Waals surface area contributed by atoms with Crippen LogP contribution in [0.4, 0.5) is 5.95 Å². The number of rotatable bonds is 6. The quantitative estimate of drug-likeness (QED) is 0.409. The Balaban J connectivity index is 1.34. The fourth-order valence-corrected chi connectivity index (χ4v) is 4.92. The lowest BCUT2D eigenvalue weighted by Crippen LogP contribution is -2.20. The second kappa shape index (κ2) is 8.93. The van der Waals surface area contributed by atoms with Gasteiger partial charge in [-0.25, -0.2) is 9.97 Å². The molecule has 31 heavy (non-hydrogen) atoms. The number of aromatic amines is 1. The number of carbonyl (C=O) groups is 1. The van der Waals surface area contributed by atoms with Crippen molar-refractivity contribution in [3.63, 3.8) is 0 Å². The van der Waals surface area contributed by atoms with Crippen LogP contribution in [0.15, 0.2) is 60.0 Å². The molecule has 2 heterocycles. The van der Waals surface area contributed by atoms with Gasteiger partial charge in [0, 0.05) is 17.4 Å². The number of anilines is 1. The van der Waals surface area contributed by atoms with E-state index in [1.807, 2.05) is 42.5 Å². The fraction of sp³-hybridized carbons (Fsp3) is 0.304. The number of hydrogen-bond donors (Lipinski definition) is 2. The zero-order valence-corrected chi connectivity index (χ0v) is 17.9. The van der Waals surface area contributed by atoms with E-state index in [4.69, 9.17) is 4.98 Å². The predicted molar refractivity (Wildman–Crippen MR) is 122 cm³/mol. The summed E-state index contributed by atoms with van der Waals surface area (Å²) in [6.45, 7) is 0. The standard InChI is InChI=1S/C23H24N6OS/c30-21(17-12-10-16(11-13-17)14-31-23-24-15-25-28-23)27-22-26-19-8-4-5-9-20(19)29(22)18-6-2-1-3-7-18/h4-5,8-13,15,18H,1-3,6-7,14H2,(H,24,25,28)(H,26,27,30). The van der Waals surface area contributed by atoms with Crippen LogP contribution in [-0.2, 0) is 5.75 Å². The van der Waals surface area contributed by atoms with Crippen LogP contribution in [0, 0.1) is 0 Å². The Morgan fingerprint density at radius 1 is 1.10 bits per heavy atom. The second-order valence-electron chi connectivity index (χ2n) is 7.82. The van der Waals surface area contributed by atoms with Gasteiger partial charge in [-0.3, -0.25) is 15.2 Å². The largest absolute Gasteiger partial charge is 0.307 e. The molecule has 1 fully saturated rings. The first-order valence-corrected chi connectivity index (χ1v) is 11.6. The van der Waals surface area contributed by atoms with Crippen LogP contribution in [0.5, 0.6) is 0 Å². The number of benzene rings is 2. The lowest BCUT2D eigenvalue weighted by atomic mass is 9.95. The SMILES string of the molecule is O=C(Nc1nc2ccccc2n1C1CCCCC1)c1ccc(CSc2ncn[nH]2)cc1. The molecular formula is C23H24N6OS. The molecule has 1 aliphatic rings. The summed E-state index contributed by atoms with van der Waals surface area (Å²) in [7, 11) is 0. The first-order chi connectivity index (χ1) is 15.3. The molecule has 2 N–H and O–H groups in total. The molecule has 5 rings (SSSR count). The van der Waals surface area contributed by atoms with Gasteiger partial charge in [0.15, 0.2) is 5.16 Å². The topological polar surface area (TPSA) is 88.5 Å². The lowest BCUT2D eigenvalue weighted by Gasteiger charge is -2.25. The highest BCUT2D eigenvalue weighted by Gasteiger charge is 2.22. The molecule has 1 saturated carbocycles. The van der Waals surface area contributed by atoms with Crippen molar-refractivity contribution in [2.45, 2.75) is 49.1 Å². The Morgan fingerprint density at radius 3 is 2.68 bits per heavy atom. The number of fused-ring (bicyclic) bond motifs is 1. The normalized spacial score (nSPS) is 14.7. The van der Waals surface area contributed by atoms with E-state index in [1.54, 1.807) is 11.8 Å². The molecule has 2 aromatic carbocycles. The van der Waals surface area contributed by atoms with Crippen LogP contribution in [0.25, 0.3) is 11.0 Å². The number of imidazole rings is 1. The average molecular weight is 433 g/mol. The number of H-pyrrole nitrogens is 1. The molecule has 158 valence electrons.